The van der Waals surface area contributed by atoms with Gasteiger partial charge >= 0.3 is 0 Å². The number of hydrogen-bond acceptors (Lipinski definition) is 2. The number of piperidine rings is 1. The third kappa shape index (κ3) is 3.64. The highest BCUT2D eigenvalue weighted by molar-refractivity contribution is 6.30. The predicted octanol–water partition coefficient (Wildman–Crippen LogP) is 3.71. The maximum atomic E-state index is 6.18. The summed E-state index contributed by atoms with van der Waals surface area (Å²) in [6.45, 7) is 8.99. The van der Waals surface area contributed by atoms with Crippen molar-refractivity contribution in [2.24, 2.45) is 17.6 Å². The smallest absolute Gasteiger partial charge is 0.0426 e. The van der Waals surface area contributed by atoms with Crippen molar-refractivity contribution < 1.29 is 0 Å². The fraction of sp³-hybridized carbons (Fsp3) is 0.625. The van der Waals surface area contributed by atoms with Crippen LogP contribution in [0.25, 0.3) is 0 Å². The van der Waals surface area contributed by atoms with E-state index in [1.807, 2.05) is 6.07 Å². The third-order valence-electron chi connectivity index (χ3n) is 4.26. The van der Waals surface area contributed by atoms with Crippen molar-refractivity contribution in [3.8, 4) is 0 Å². The zero-order valence-electron chi connectivity index (χ0n) is 12.2. The van der Waals surface area contributed by atoms with Crippen molar-refractivity contribution in [3.05, 3.63) is 28.8 Å². The number of rotatable bonds is 3. The van der Waals surface area contributed by atoms with Crippen molar-refractivity contribution in [1.29, 1.82) is 0 Å². The summed E-state index contributed by atoms with van der Waals surface area (Å²) in [6, 6.07) is 6.38. The summed E-state index contributed by atoms with van der Waals surface area (Å²) < 4.78 is 0. The van der Waals surface area contributed by atoms with E-state index in [2.05, 4.69) is 37.8 Å². The summed E-state index contributed by atoms with van der Waals surface area (Å²) in [5.41, 5.74) is 8.56. The average molecular weight is 281 g/mol. The predicted molar refractivity (Wildman–Crippen MR) is 84.0 cm³/mol. The van der Waals surface area contributed by atoms with Gasteiger partial charge in [0.1, 0.15) is 0 Å². The van der Waals surface area contributed by atoms with Gasteiger partial charge in [0.25, 0.3) is 0 Å². The molecule has 106 valence electrons. The highest BCUT2D eigenvalue weighted by Gasteiger charge is 2.24. The molecule has 19 heavy (non-hydrogen) atoms. The molecule has 3 unspecified atom stereocenters. The molecule has 2 nitrogen and oxygen atoms in total. The van der Waals surface area contributed by atoms with Gasteiger partial charge in [-0.2, -0.15) is 0 Å². The lowest BCUT2D eigenvalue weighted by Gasteiger charge is -2.38. The Bertz CT molecular complexity index is 431. The largest absolute Gasteiger partial charge is 0.371 e. The van der Waals surface area contributed by atoms with Gasteiger partial charge in [-0.1, -0.05) is 31.5 Å². The maximum absolute atomic E-state index is 6.18. The molecule has 1 aromatic carbocycles. The van der Waals surface area contributed by atoms with Crippen LogP contribution in [0.15, 0.2) is 18.2 Å². The Balaban J connectivity index is 2.24. The van der Waals surface area contributed by atoms with Gasteiger partial charge in [-0.15, -0.1) is 0 Å². The van der Waals surface area contributed by atoms with Crippen molar-refractivity contribution in [3.63, 3.8) is 0 Å². The van der Waals surface area contributed by atoms with E-state index >= 15 is 0 Å². The molecule has 1 heterocycles. The van der Waals surface area contributed by atoms with Crippen LogP contribution in [-0.4, -0.2) is 19.1 Å². The molecular formula is C16H25ClN2. The molecule has 1 aromatic rings. The van der Waals surface area contributed by atoms with Gasteiger partial charge < -0.3 is 10.6 Å². The molecule has 0 spiro atoms. The molecule has 1 fully saturated rings. The summed E-state index contributed by atoms with van der Waals surface area (Å²) in [5.74, 6) is 1.54. The maximum Gasteiger partial charge on any atom is 0.0426 e. The Morgan fingerprint density at radius 3 is 2.74 bits per heavy atom. The molecule has 0 bridgehead atoms. The van der Waals surface area contributed by atoms with Crippen LogP contribution >= 0.6 is 11.6 Å². The summed E-state index contributed by atoms with van der Waals surface area (Å²) in [5, 5.41) is 0.815. The molecule has 1 saturated heterocycles. The number of nitrogens with two attached hydrogens (primary N) is 1. The van der Waals surface area contributed by atoms with E-state index in [9.17, 15) is 0 Å². The molecule has 3 atom stereocenters. The van der Waals surface area contributed by atoms with Crippen LogP contribution in [-0.2, 0) is 6.42 Å². The Labute approximate surface area is 121 Å². The average Bonchev–Trinajstić information content (AvgIpc) is 2.34. The lowest BCUT2D eigenvalue weighted by molar-refractivity contribution is 0.323. The van der Waals surface area contributed by atoms with Crippen LogP contribution in [0.1, 0.15) is 32.8 Å². The molecule has 0 radical (unpaired) electrons. The molecule has 2 N–H and O–H groups in total. The molecule has 0 aliphatic carbocycles. The molecule has 1 aliphatic rings. The van der Waals surface area contributed by atoms with Gasteiger partial charge in [0, 0.05) is 29.8 Å². The van der Waals surface area contributed by atoms with Crippen LogP contribution in [0.5, 0.6) is 0 Å². The monoisotopic (exact) mass is 280 g/mol. The van der Waals surface area contributed by atoms with E-state index < -0.39 is 0 Å². The summed E-state index contributed by atoms with van der Waals surface area (Å²) >= 11 is 6.18. The van der Waals surface area contributed by atoms with E-state index in [0.29, 0.717) is 0 Å². The molecule has 1 aliphatic heterocycles. The summed E-state index contributed by atoms with van der Waals surface area (Å²) in [4.78, 5) is 2.48. The lowest BCUT2D eigenvalue weighted by Crippen LogP contribution is -2.39. The van der Waals surface area contributed by atoms with Gasteiger partial charge in [-0.05, 0) is 49.3 Å². The van der Waals surface area contributed by atoms with Crippen LogP contribution in [0.4, 0.5) is 5.69 Å². The Morgan fingerprint density at radius 2 is 2.11 bits per heavy atom. The van der Waals surface area contributed by atoms with Crippen molar-refractivity contribution >= 4 is 17.3 Å². The number of benzene rings is 1. The zero-order valence-corrected chi connectivity index (χ0v) is 13.0. The molecule has 0 aromatic heterocycles. The summed E-state index contributed by atoms with van der Waals surface area (Å²) in [6.07, 6.45) is 2.16. The van der Waals surface area contributed by atoms with Crippen LogP contribution in [0, 0.1) is 11.8 Å². The van der Waals surface area contributed by atoms with Crippen molar-refractivity contribution in [2.45, 2.75) is 39.7 Å². The highest BCUT2D eigenvalue weighted by Crippen LogP contribution is 2.31. The van der Waals surface area contributed by atoms with E-state index in [1.165, 1.54) is 17.7 Å². The van der Waals surface area contributed by atoms with Gasteiger partial charge in [0.05, 0.1) is 0 Å². The third-order valence-corrected chi connectivity index (χ3v) is 4.50. The van der Waals surface area contributed by atoms with Crippen LogP contribution in [0.3, 0.4) is 0 Å². The van der Waals surface area contributed by atoms with Crippen molar-refractivity contribution in [1.82, 2.24) is 0 Å². The van der Waals surface area contributed by atoms with E-state index in [-0.39, 0.29) is 6.04 Å². The first-order valence-electron chi connectivity index (χ1n) is 7.26. The molecule has 0 amide bonds. The van der Waals surface area contributed by atoms with Crippen LogP contribution < -0.4 is 10.6 Å². The summed E-state index contributed by atoms with van der Waals surface area (Å²) in [7, 11) is 0. The first-order chi connectivity index (χ1) is 8.97. The number of hydrogen-bond donors (Lipinski definition) is 1. The molecule has 2 rings (SSSR count). The van der Waals surface area contributed by atoms with Crippen molar-refractivity contribution in [2.75, 3.05) is 18.0 Å². The standard InChI is InChI=1S/C16H25ClN2/c1-11-6-7-19(10-12(11)2)16-9-15(17)5-4-14(16)8-13(3)18/h4-5,9,11-13H,6-8,10,18H2,1-3H3. The quantitative estimate of drug-likeness (QED) is 0.914. The Kier molecular flexibility index (Phi) is 4.75. The Hall–Kier alpha value is -0.730. The van der Waals surface area contributed by atoms with Crippen LogP contribution in [0.2, 0.25) is 5.02 Å². The fourth-order valence-electron chi connectivity index (χ4n) is 2.83. The van der Waals surface area contributed by atoms with Gasteiger partial charge in [-0.25, -0.2) is 0 Å². The fourth-order valence-corrected chi connectivity index (χ4v) is 3.00. The van der Waals surface area contributed by atoms with Gasteiger partial charge in [0.2, 0.25) is 0 Å². The molecule has 3 heteroatoms. The second-order valence-electron chi connectivity index (χ2n) is 6.14. The first kappa shape index (κ1) is 14.7. The number of nitrogens with zero attached hydrogens (tertiary/aromatic N) is 1. The number of halogens is 1. The number of anilines is 1. The Morgan fingerprint density at radius 1 is 1.37 bits per heavy atom. The van der Waals surface area contributed by atoms with E-state index in [1.54, 1.807) is 0 Å². The van der Waals surface area contributed by atoms with E-state index in [4.69, 9.17) is 17.3 Å². The topological polar surface area (TPSA) is 29.3 Å². The minimum atomic E-state index is 0.182. The molecular weight excluding hydrogens is 256 g/mol. The minimum absolute atomic E-state index is 0.182. The lowest BCUT2D eigenvalue weighted by atomic mass is 9.88. The zero-order chi connectivity index (χ0) is 14.0. The highest BCUT2D eigenvalue weighted by atomic mass is 35.5. The van der Waals surface area contributed by atoms with E-state index in [0.717, 1.165) is 36.4 Å². The first-order valence-corrected chi connectivity index (χ1v) is 7.64. The molecule has 0 saturated carbocycles. The van der Waals surface area contributed by atoms with Gasteiger partial charge in [0.15, 0.2) is 0 Å². The van der Waals surface area contributed by atoms with Gasteiger partial charge in [-0.3, -0.25) is 0 Å². The second-order valence-corrected chi connectivity index (χ2v) is 6.58. The SMILES string of the molecule is CC(N)Cc1ccc(Cl)cc1N1CCC(C)C(C)C1. The normalized spacial score (nSPS) is 25.4. The second kappa shape index (κ2) is 6.15. The minimum Gasteiger partial charge on any atom is -0.371 e.